The lowest BCUT2D eigenvalue weighted by atomic mass is 10.2. The van der Waals surface area contributed by atoms with Crippen molar-refractivity contribution in [1.29, 1.82) is 0 Å². The van der Waals surface area contributed by atoms with Gasteiger partial charge in [0.1, 0.15) is 0 Å². The minimum Gasteiger partial charge on any atom is -0.309 e. The van der Waals surface area contributed by atoms with E-state index in [2.05, 4.69) is 41.5 Å². The minimum absolute atomic E-state index is 0.263. The van der Waals surface area contributed by atoms with Crippen molar-refractivity contribution in [3.63, 3.8) is 0 Å². The molecule has 2 atom stereocenters. The number of rotatable bonds is 6. The first-order valence-electron chi connectivity index (χ1n) is 6.26. The summed E-state index contributed by atoms with van der Waals surface area (Å²) < 4.78 is 13.1. The van der Waals surface area contributed by atoms with Crippen molar-refractivity contribution in [3.05, 3.63) is 48.5 Å². The molecule has 0 bridgehead atoms. The van der Waals surface area contributed by atoms with Crippen LogP contribution in [0.4, 0.5) is 0 Å². The summed E-state index contributed by atoms with van der Waals surface area (Å²) in [6.45, 7) is 2.85. The highest BCUT2D eigenvalue weighted by atomic mass is 32.2. The first kappa shape index (κ1) is 14.0. The molecule has 4 nitrogen and oxygen atoms in total. The maximum Gasteiger partial charge on any atom is 0.0991 e. The van der Waals surface area contributed by atoms with Gasteiger partial charge in [-0.05, 0) is 24.6 Å². The predicted octanol–water partition coefficient (Wildman–Crippen LogP) is 1.73. The summed E-state index contributed by atoms with van der Waals surface area (Å²) in [5.74, 6) is 0.688. The van der Waals surface area contributed by atoms with E-state index < -0.39 is 10.8 Å². The van der Waals surface area contributed by atoms with E-state index in [4.69, 9.17) is 0 Å². The van der Waals surface area contributed by atoms with Gasteiger partial charge in [0.05, 0.1) is 6.33 Å². The average Bonchev–Trinajstić information content (AvgIpc) is 2.90. The van der Waals surface area contributed by atoms with Gasteiger partial charge in [-0.1, -0.05) is 12.1 Å². The molecule has 1 N–H and O–H groups in total. The summed E-state index contributed by atoms with van der Waals surface area (Å²) in [4.78, 5) is 4.03. The third kappa shape index (κ3) is 4.29. The van der Waals surface area contributed by atoms with Gasteiger partial charge in [0.15, 0.2) is 0 Å². The molecule has 0 fully saturated rings. The molecule has 2 unspecified atom stereocenters. The van der Waals surface area contributed by atoms with E-state index in [1.807, 2.05) is 10.8 Å². The van der Waals surface area contributed by atoms with Crippen molar-refractivity contribution in [1.82, 2.24) is 14.9 Å². The molecule has 0 spiro atoms. The highest BCUT2D eigenvalue weighted by molar-refractivity contribution is 7.84. The Balaban J connectivity index is 1.90. The molecule has 2 aromatic rings. The topological polar surface area (TPSA) is 46.9 Å². The molecule has 5 heteroatoms. The first-order valence-corrected chi connectivity index (χ1v) is 7.98. The van der Waals surface area contributed by atoms with Crippen LogP contribution in [0.15, 0.2) is 43.0 Å². The number of aromatic nitrogens is 2. The molecule has 1 aromatic carbocycles. The van der Waals surface area contributed by atoms with Gasteiger partial charge in [-0.2, -0.15) is 0 Å². The molecule has 0 aliphatic carbocycles. The largest absolute Gasteiger partial charge is 0.309 e. The molecule has 2 rings (SSSR count). The van der Waals surface area contributed by atoms with Crippen LogP contribution < -0.4 is 5.32 Å². The molecule has 1 aromatic heterocycles. The number of hydrogen-bond acceptors (Lipinski definition) is 3. The lowest BCUT2D eigenvalue weighted by Crippen LogP contribution is -2.30. The van der Waals surface area contributed by atoms with Gasteiger partial charge in [0, 0.05) is 53.5 Å². The number of nitrogens with zero attached hydrogens (tertiary/aromatic N) is 2. The Hall–Kier alpha value is -1.46. The fraction of sp³-hybridized carbons (Fsp3) is 0.357. The predicted molar refractivity (Wildman–Crippen MR) is 78.8 cm³/mol. The van der Waals surface area contributed by atoms with E-state index in [9.17, 15) is 4.21 Å². The van der Waals surface area contributed by atoms with E-state index in [1.54, 1.807) is 18.8 Å². The zero-order valence-corrected chi connectivity index (χ0v) is 12.1. The monoisotopic (exact) mass is 277 g/mol. The van der Waals surface area contributed by atoms with Crippen LogP contribution in [0.3, 0.4) is 0 Å². The molecule has 102 valence electrons. The van der Waals surface area contributed by atoms with Crippen LogP contribution in [-0.4, -0.2) is 31.8 Å². The Bertz CT molecular complexity index is 522. The smallest absolute Gasteiger partial charge is 0.0991 e. The summed E-state index contributed by atoms with van der Waals surface area (Å²) in [6.07, 6.45) is 7.21. The van der Waals surface area contributed by atoms with Crippen LogP contribution in [0.2, 0.25) is 0 Å². The third-order valence-electron chi connectivity index (χ3n) is 2.88. The average molecular weight is 277 g/mol. The lowest BCUT2D eigenvalue weighted by Gasteiger charge is -2.12. The van der Waals surface area contributed by atoms with Crippen LogP contribution in [0.1, 0.15) is 12.5 Å². The Morgan fingerprint density at radius 2 is 2.11 bits per heavy atom. The zero-order valence-electron chi connectivity index (χ0n) is 11.2. The van der Waals surface area contributed by atoms with Crippen molar-refractivity contribution >= 4 is 10.8 Å². The summed E-state index contributed by atoms with van der Waals surface area (Å²) in [5.41, 5.74) is 2.32. The molecule has 0 saturated heterocycles. The second-order valence-electron chi connectivity index (χ2n) is 4.66. The zero-order chi connectivity index (χ0) is 13.7. The maximum absolute atomic E-state index is 11.1. The van der Waals surface area contributed by atoms with Crippen molar-refractivity contribution in [2.75, 3.05) is 12.0 Å². The van der Waals surface area contributed by atoms with Gasteiger partial charge < -0.3 is 9.88 Å². The Morgan fingerprint density at radius 3 is 2.68 bits per heavy atom. The van der Waals surface area contributed by atoms with Crippen molar-refractivity contribution < 1.29 is 4.21 Å². The molecule has 0 amide bonds. The van der Waals surface area contributed by atoms with E-state index in [1.165, 1.54) is 5.56 Å². The summed E-state index contributed by atoms with van der Waals surface area (Å²) in [5, 5.41) is 3.37. The lowest BCUT2D eigenvalue weighted by molar-refractivity contribution is 0.587. The van der Waals surface area contributed by atoms with Crippen molar-refractivity contribution in [2.24, 2.45) is 0 Å². The van der Waals surface area contributed by atoms with Gasteiger partial charge in [-0.3, -0.25) is 4.21 Å². The number of hydrogen-bond donors (Lipinski definition) is 1. The molecule has 19 heavy (non-hydrogen) atoms. The van der Waals surface area contributed by atoms with Gasteiger partial charge in [-0.25, -0.2) is 4.98 Å². The van der Waals surface area contributed by atoms with E-state index >= 15 is 0 Å². The SMILES string of the molecule is CC(CS(C)=O)NCc1ccc(-n2ccnc2)cc1. The van der Waals surface area contributed by atoms with Crippen LogP contribution in [0.25, 0.3) is 5.69 Å². The summed E-state index contributed by atoms with van der Waals surface area (Å²) in [6, 6.07) is 8.60. The van der Waals surface area contributed by atoms with Gasteiger partial charge in [0.25, 0.3) is 0 Å². The van der Waals surface area contributed by atoms with Gasteiger partial charge in [-0.15, -0.1) is 0 Å². The van der Waals surface area contributed by atoms with Gasteiger partial charge in [0.2, 0.25) is 0 Å². The summed E-state index contributed by atoms with van der Waals surface area (Å²) in [7, 11) is -0.750. The molecule has 1 heterocycles. The number of nitrogens with one attached hydrogen (secondary N) is 1. The fourth-order valence-electron chi connectivity index (χ4n) is 1.90. The maximum atomic E-state index is 11.1. The van der Waals surface area contributed by atoms with Crippen LogP contribution in [-0.2, 0) is 17.3 Å². The van der Waals surface area contributed by atoms with Crippen molar-refractivity contribution in [2.45, 2.75) is 19.5 Å². The van der Waals surface area contributed by atoms with Crippen LogP contribution >= 0.6 is 0 Å². The molecule has 0 aliphatic rings. The van der Waals surface area contributed by atoms with E-state index in [0.29, 0.717) is 5.75 Å². The number of benzene rings is 1. The Labute approximate surface area is 116 Å². The molecular weight excluding hydrogens is 258 g/mol. The quantitative estimate of drug-likeness (QED) is 0.874. The fourth-order valence-corrected chi connectivity index (χ4v) is 2.72. The van der Waals surface area contributed by atoms with Crippen LogP contribution in [0, 0.1) is 0 Å². The minimum atomic E-state index is -0.750. The van der Waals surface area contributed by atoms with Crippen molar-refractivity contribution in [3.8, 4) is 5.69 Å². The highest BCUT2D eigenvalue weighted by Gasteiger charge is 2.03. The normalized spacial score (nSPS) is 14.2. The molecule has 0 radical (unpaired) electrons. The molecular formula is C14H19N3OS. The molecule has 0 saturated carbocycles. The second-order valence-corrected chi connectivity index (χ2v) is 6.14. The Morgan fingerprint density at radius 1 is 1.37 bits per heavy atom. The highest BCUT2D eigenvalue weighted by Crippen LogP contribution is 2.09. The van der Waals surface area contributed by atoms with Gasteiger partial charge >= 0.3 is 0 Å². The molecule has 0 aliphatic heterocycles. The summed E-state index contributed by atoms with van der Waals surface area (Å²) >= 11 is 0. The van der Waals surface area contributed by atoms with E-state index in [-0.39, 0.29) is 6.04 Å². The second kappa shape index (κ2) is 6.63. The standard InChI is InChI=1S/C14H19N3OS/c1-12(10-19(2)18)16-9-13-3-5-14(6-4-13)17-8-7-15-11-17/h3-8,11-12,16H,9-10H2,1-2H3. The van der Waals surface area contributed by atoms with Crippen LogP contribution in [0.5, 0.6) is 0 Å². The number of imidazole rings is 1. The van der Waals surface area contributed by atoms with E-state index in [0.717, 1.165) is 12.2 Å². The first-order chi connectivity index (χ1) is 9.15. The Kier molecular flexibility index (Phi) is 4.87. The third-order valence-corrected chi connectivity index (χ3v) is 3.85.